The summed E-state index contributed by atoms with van der Waals surface area (Å²) in [6, 6.07) is 3.44. The fourth-order valence-corrected chi connectivity index (χ4v) is 2.01. The number of hydrogen-bond donors (Lipinski definition) is 1. The van der Waals surface area contributed by atoms with Crippen molar-refractivity contribution >= 4 is 17.8 Å². The zero-order valence-electron chi connectivity index (χ0n) is 10.6. The molecule has 1 heterocycles. The molecule has 2 unspecified atom stereocenters. The van der Waals surface area contributed by atoms with E-state index >= 15 is 0 Å². The van der Waals surface area contributed by atoms with Crippen LogP contribution in [0.15, 0.2) is 24.3 Å². The lowest BCUT2D eigenvalue weighted by atomic mass is 9.94. The molecule has 0 aliphatic carbocycles. The average molecular weight is 274 g/mol. The number of carbonyl (C=O) groups is 3. The average Bonchev–Trinajstić information content (AvgIpc) is 2.37. The Morgan fingerprint density at radius 1 is 1.40 bits per heavy atom. The summed E-state index contributed by atoms with van der Waals surface area (Å²) in [5, 5.41) is 2.05. The highest BCUT2D eigenvalue weighted by atomic mass is 19.1. The largest absolute Gasteiger partial charge is 0.331 e. The number of nitrogens with zero attached hydrogens (tertiary/aromatic N) is 1. The second-order valence-electron chi connectivity index (χ2n) is 4.33. The quantitative estimate of drug-likeness (QED) is 0.646. The van der Waals surface area contributed by atoms with Crippen LogP contribution in [-0.2, 0) is 9.59 Å². The van der Waals surface area contributed by atoms with Crippen LogP contribution in [0.5, 0.6) is 0 Å². The van der Waals surface area contributed by atoms with Gasteiger partial charge < -0.3 is 0 Å². The number of imide groups is 2. The summed E-state index contributed by atoms with van der Waals surface area (Å²) in [4.78, 5) is 36.6. The number of carbonyl (C=O) groups excluding carboxylic acids is 3. The number of urea groups is 1. The van der Waals surface area contributed by atoms with Gasteiger partial charge in [-0.2, -0.15) is 0 Å². The molecule has 1 aromatic rings. The lowest BCUT2D eigenvalue weighted by Crippen LogP contribution is -2.59. The minimum absolute atomic E-state index is 0.175. The minimum Gasteiger partial charge on any atom is -0.277 e. The Hall–Kier alpha value is -2.68. The van der Waals surface area contributed by atoms with Crippen LogP contribution in [0.2, 0.25) is 0 Å². The lowest BCUT2D eigenvalue weighted by Gasteiger charge is -2.32. The van der Waals surface area contributed by atoms with Gasteiger partial charge in [0, 0.05) is 0 Å². The third kappa shape index (κ3) is 2.26. The van der Waals surface area contributed by atoms with Crippen LogP contribution in [0.4, 0.5) is 9.18 Å². The summed E-state index contributed by atoms with van der Waals surface area (Å²) < 4.78 is 13.2. The molecule has 6 heteroatoms. The van der Waals surface area contributed by atoms with E-state index in [1.54, 1.807) is 0 Å². The maximum atomic E-state index is 13.2. The van der Waals surface area contributed by atoms with Crippen LogP contribution in [0.1, 0.15) is 18.4 Å². The molecule has 1 fully saturated rings. The van der Waals surface area contributed by atoms with Crippen molar-refractivity contribution in [3.63, 3.8) is 0 Å². The normalized spacial score (nSPS) is 20.4. The highest BCUT2D eigenvalue weighted by Crippen LogP contribution is 2.24. The summed E-state index contributed by atoms with van der Waals surface area (Å²) in [6.07, 6.45) is 5.20. The van der Waals surface area contributed by atoms with Gasteiger partial charge in [-0.15, -0.1) is 6.42 Å². The molecule has 1 saturated heterocycles. The second-order valence-corrected chi connectivity index (χ2v) is 4.33. The highest BCUT2D eigenvalue weighted by molar-refractivity contribution is 6.19. The molecule has 1 aliphatic heterocycles. The summed E-state index contributed by atoms with van der Waals surface area (Å²) in [6.45, 7) is 1.48. The number of halogens is 1. The Bertz CT molecular complexity index is 636. The van der Waals surface area contributed by atoms with Crippen LogP contribution in [0, 0.1) is 18.2 Å². The minimum atomic E-state index is -1.28. The molecule has 5 nitrogen and oxygen atoms in total. The molecule has 0 bridgehead atoms. The first-order valence-electron chi connectivity index (χ1n) is 5.85. The molecule has 1 N–H and O–H groups in total. The monoisotopic (exact) mass is 274 g/mol. The molecule has 0 saturated carbocycles. The molecule has 0 aromatic heterocycles. The van der Waals surface area contributed by atoms with Gasteiger partial charge in [-0.05, 0) is 24.6 Å². The molecule has 102 valence electrons. The maximum absolute atomic E-state index is 13.2. The first-order valence-corrected chi connectivity index (χ1v) is 5.85. The van der Waals surface area contributed by atoms with Crippen molar-refractivity contribution < 1.29 is 18.8 Å². The molecular weight excluding hydrogens is 263 g/mol. The van der Waals surface area contributed by atoms with Crippen molar-refractivity contribution in [2.24, 2.45) is 0 Å². The Balaban J connectivity index is 2.43. The fraction of sp³-hybridized carbons (Fsp3) is 0.214. The molecule has 4 amide bonds. The molecule has 2 rings (SSSR count). The van der Waals surface area contributed by atoms with Crippen molar-refractivity contribution in [1.82, 2.24) is 10.2 Å². The van der Waals surface area contributed by atoms with Crippen LogP contribution >= 0.6 is 0 Å². The molecule has 0 radical (unpaired) electrons. The standard InChI is InChI=1S/C14H11FN2O3/c1-3-8(2)17-13(19)11(12(18)16-14(17)20)9-5-4-6-10(15)7-9/h1,4-8,11H,2H3,(H,16,18,20). The van der Waals surface area contributed by atoms with E-state index in [2.05, 4.69) is 11.2 Å². The van der Waals surface area contributed by atoms with Crippen LogP contribution in [0.3, 0.4) is 0 Å². The van der Waals surface area contributed by atoms with Crippen molar-refractivity contribution in [1.29, 1.82) is 0 Å². The molecule has 2 atom stereocenters. The SMILES string of the molecule is C#CC(C)N1C(=O)NC(=O)C(c2cccc(F)c2)C1=O. The van der Waals surface area contributed by atoms with E-state index in [-0.39, 0.29) is 5.56 Å². The maximum Gasteiger partial charge on any atom is 0.331 e. The Kier molecular flexibility index (Phi) is 3.53. The van der Waals surface area contributed by atoms with Gasteiger partial charge in [-0.25, -0.2) is 14.1 Å². The number of nitrogens with one attached hydrogen (secondary N) is 1. The third-order valence-corrected chi connectivity index (χ3v) is 3.01. The molecular formula is C14H11FN2O3. The lowest BCUT2D eigenvalue weighted by molar-refractivity contribution is -0.139. The van der Waals surface area contributed by atoms with E-state index < -0.39 is 35.6 Å². The Morgan fingerprint density at radius 3 is 2.70 bits per heavy atom. The summed E-state index contributed by atoms with van der Waals surface area (Å²) >= 11 is 0. The van der Waals surface area contributed by atoms with Gasteiger partial charge in [0.2, 0.25) is 11.8 Å². The van der Waals surface area contributed by atoms with E-state index in [0.29, 0.717) is 0 Å². The third-order valence-electron chi connectivity index (χ3n) is 3.01. The van der Waals surface area contributed by atoms with Gasteiger partial charge in [0.1, 0.15) is 11.7 Å². The molecule has 20 heavy (non-hydrogen) atoms. The molecule has 1 aliphatic rings. The smallest absolute Gasteiger partial charge is 0.277 e. The zero-order chi connectivity index (χ0) is 14.9. The van der Waals surface area contributed by atoms with E-state index in [4.69, 9.17) is 6.42 Å². The van der Waals surface area contributed by atoms with Crippen molar-refractivity contribution in [2.45, 2.75) is 18.9 Å². The van der Waals surface area contributed by atoms with Gasteiger partial charge in [0.15, 0.2) is 0 Å². The van der Waals surface area contributed by atoms with E-state index in [1.165, 1.54) is 25.1 Å². The first-order chi connectivity index (χ1) is 9.45. The van der Waals surface area contributed by atoms with E-state index in [0.717, 1.165) is 11.0 Å². The number of benzene rings is 1. The first kappa shape index (κ1) is 13.7. The number of rotatable bonds is 2. The van der Waals surface area contributed by atoms with Crippen molar-refractivity contribution in [3.05, 3.63) is 35.6 Å². The Labute approximate surface area is 114 Å². The fourth-order valence-electron chi connectivity index (χ4n) is 2.01. The van der Waals surface area contributed by atoms with Crippen LogP contribution in [0.25, 0.3) is 0 Å². The van der Waals surface area contributed by atoms with Crippen LogP contribution < -0.4 is 5.32 Å². The van der Waals surface area contributed by atoms with Gasteiger partial charge in [-0.3, -0.25) is 14.9 Å². The molecule has 1 aromatic carbocycles. The van der Waals surface area contributed by atoms with Gasteiger partial charge in [-0.1, -0.05) is 18.1 Å². The van der Waals surface area contributed by atoms with E-state index in [1.807, 2.05) is 0 Å². The van der Waals surface area contributed by atoms with E-state index in [9.17, 15) is 18.8 Å². The summed E-state index contributed by atoms with van der Waals surface area (Å²) in [5.41, 5.74) is 0.175. The van der Waals surface area contributed by atoms with Gasteiger partial charge in [0.05, 0.1) is 6.04 Å². The second kappa shape index (κ2) is 5.13. The van der Waals surface area contributed by atoms with Gasteiger partial charge in [0.25, 0.3) is 0 Å². The number of barbiturate groups is 1. The Morgan fingerprint density at radius 2 is 2.10 bits per heavy atom. The highest BCUT2D eigenvalue weighted by Gasteiger charge is 2.43. The van der Waals surface area contributed by atoms with Gasteiger partial charge >= 0.3 is 6.03 Å². The predicted molar refractivity (Wildman–Crippen MR) is 67.8 cm³/mol. The van der Waals surface area contributed by atoms with Crippen molar-refractivity contribution in [2.75, 3.05) is 0 Å². The summed E-state index contributed by atoms with van der Waals surface area (Å²) in [7, 11) is 0. The number of terminal acetylenes is 1. The number of amides is 4. The molecule has 0 spiro atoms. The zero-order valence-corrected chi connectivity index (χ0v) is 10.6. The number of hydrogen-bond acceptors (Lipinski definition) is 3. The van der Waals surface area contributed by atoms with Crippen LogP contribution in [-0.4, -0.2) is 28.8 Å². The predicted octanol–water partition coefficient (Wildman–Crippen LogP) is 1.01. The topological polar surface area (TPSA) is 66.5 Å². The van der Waals surface area contributed by atoms with Crippen molar-refractivity contribution in [3.8, 4) is 12.3 Å². The summed E-state index contributed by atoms with van der Waals surface area (Å²) in [5.74, 6) is -1.14.